The van der Waals surface area contributed by atoms with Crippen LogP contribution in [0.15, 0.2) is 61.4 Å². The van der Waals surface area contributed by atoms with Gasteiger partial charge >= 0.3 is 0 Å². The Morgan fingerprint density at radius 1 is 1.13 bits per heavy atom. The molecule has 1 amide bonds. The summed E-state index contributed by atoms with van der Waals surface area (Å²) in [5.41, 5.74) is 1.21. The highest BCUT2D eigenvalue weighted by Crippen LogP contribution is 2.12. The lowest BCUT2D eigenvalue weighted by atomic mass is 10.2. The number of carbonyl (C=O) groups excluding carboxylic acids is 1. The van der Waals surface area contributed by atoms with Gasteiger partial charge in [-0.25, -0.2) is 9.97 Å². The van der Waals surface area contributed by atoms with Gasteiger partial charge in [0.1, 0.15) is 11.9 Å². The number of benzene rings is 1. The zero-order valence-electron chi connectivity index (χ0n) is 16.8. The Balaban J connectivity index is 0.000000672. The average Bonchev–Trinajstić information content (AvgIpc) is 3.42. The summed E-state index contributed by atoms with van der Waals surface area (Å²) in [6, 6.07) is 9.93. The van der Waals surface area contributed by atoms with Crippen LogP contribution in [-0.2, 0) is 27.5 Å². The first kappa shape index (κ1) is 24.1. The minimum atomic E-state index is -0.282. The third-order valence-electron chi connectivity index (χ3n) is 4.08. The van der Waals surface area contributed by atoms with Gasteiger partial charge in [-0.15, -0.1) is 0 Å². The van der Waals surface area contributed by atoms with Crippen molar-refractivity contribution in [2.24, 2.45) is 0 Å². The van der Waals surface area contributed by atoms with Crippen LogP contribution in [0.5, 0.6) is 0 Å². The first-order valence-corrected chi connectivity index (χ1v) is 8.90. The molecule has 1 unspecified atom stereocenters. The lowest BCUT2D eigenvalue weighted by Gasteiger charge is -2.22. The molecule has 0 bridgehead atoms. The van der Waals surface area contributed by atoms with Crippen LogP contribution in [-0.4, -0.2) is 60.1 Å². The molecular formula is C20H25N5O5. The van der Waals surface area contributed by atoms with Crippen LogP contribution in [0.1, 0.15) is 24.4 Å². The number of hydrogen-bond donors (Lipinski definition) is 2. The molecule has 1 aromatic carbocycles. The molecule has 0 fully saturated rings. The van der Waals surface area contributed by atoms with E-state index in [-0.39, 0.29) is 24.9 Å². The molecule has 0 saturated carbocycles. The number of hydrogen-bond acceptors (Lipinski definition) is 5. The first-order valence-electron chi connectivity index (χ1n) is 8.90. The van der Waals surface area contributed by atoms with Gasteiger partial charge in [0.05, 0.1) is 12.9 Å². The number of rotatable bonds is 6. The fourth-order valence-electron chi connectivity index (χ4n) is 2.65. The summed E-state index contributed by atoms with van der Waals surface area (Å²) in [5, 5.41) is 13.8. The van der Waals surface area contributed by atoms with Crippen LogP contribution >= 0.6 is 0 Å². The molecule has 0 aliphatic heterocycles. The van der Waals surface area contributed by atoms with Crippen molar-refractivity contribution in [2.75, 3.05) is 7.05 Å². The summed E-state index contributed by atoms with van der Waals surface area (Å²) in [7, 11) is 1.80. The van der Waals surface area contributed by atoms with E-state index in [4.69, 9.17) is 19.8 Å². The van der Waals surface area contributed by atoms with Crippen LogP contribution in [0, 0.1) is 0 Å². The van der Waals surface area contributed by atoms with E-state index in [0.717, 1.165) is 12.4 Å². The summed E-state index contributed by atoms with van der Waals surface area (Å²) in [4.78, 5) is 39.4. The minimum Gasteiger partial charge on any atom is -0.483 e. The van der Waals surface area contributed by atoms with Crippen LogP contribution in [0.4, 0.5) is 0 Å². The Morgan fingerprint density at radius 3 is 2.33 bits per heavy atom. The summed E-state index contributed by atoms with van der Waals surface area (Å²) < 4.78 is 3.87. The zero-order chi connectivity index (χ0) is 22.4. The van der Waals surface area contributed by atoms with Crippen LogP contribution < -0.4 is 0 Å². The highest BCUT2D eigenvalue weighted by molar-refractivity contribution is 5.79. The monoisotopic (exact) mass is 415 g/mol. The van der Waals surface area contributed by atoms with Crippen molar-refractivity contribution in [1.29, 1.82) is 0 Å². The van der Waals surface area contributed by atoms with Crippen LogP contribution in [0.2, 0.25) is 0 Å². The van der Waals surface area contributed by atoms with E-state index in [0.29, 0.717) is 6.54 Å². The maximum atomic E-state index is 12.6. The second-order valence-electron chi connectivity index (χ2n) is 6.05. The van der Waals surface area contributed by atoms with E-state index in [1.807, 2.05) is 31.3 Å². The predicted molar refractivity (Wildman–Crippen MR) is 109 cm³/mol. The maximum Gasteiger partial charge on any atom is 0.290 e. The summed E-state index contributed by atoms with van der Waals surface area (Å²) in [6.45, 7) is 2.59. The fraction of sp³-hybridized carbons (Fsp3) is 0.250. The van der Waals surface area contributed by atoms with Gasteiger partial charge in [0, 0.05) is 38.4 Å². The van der Waals surface area contributed by atoms with Gasteiger partial charge in [0.2, 0.25) is 5.91 Å². The minimum absolute atomic E-state index is 0.0299. The van der Waals surface area contributed by atoms with Crippen LogP contribution in [0.3, 0.4) is 0 Å². The van der Waals surface area contributed by atoms with Crippen molar-refractivity contribution in [1.82, 2.24) is 24.0 Å². The molecule has 0 radical (unpaired) electrons. The number of likely N-dealkylation sites (N-methyl/N-ethyl adjacent to an activating group) is 1. The van der Waals surface area contributed by atoms with E-state index in [2.05, 4.69) is 26.7 Å². The molecule has 1 atom stereocenters. The van der Waals surface area contributed by atoms with Gasteiger partial charge in [-0.2, -0.15) is 0 Å². The van der Waals surface area contributed by atoms with Gasteiger partial charge < -0.3 is 24.2 Å². The zero-order valence-corrected chi connectivity index (χ0v) is 16.8. The maximum absolute atomic E-state index is 12.6. The molecule has 0 aliphatic carbocycles. The number of carbonyl (C=O) groups is 3. The number of carboxylic acid groups (broad SMARTS) is 2. The topological polar surface area (TPSA) is 131 Å². The SMILES string of the molecule is CC(C(=O)N(C)Cc1nccn1Cc1ccccc1)n1ccnc1.O=CO.O=CO. The lowest BCUT2D eigenvalue weighted by Crippen LogP contribution is -2.33. The molecule has 0 saturated heterocycles. The molecule has 0 aliphatic rings. The number of aromatic nitrogens is 4. The number of nitrogens with zero attached hydrogens (tertiary/aromatic N) is 5. The van der Waals surface area contributed by atoms with Crippen molar-refractivity contribution >= 4 is 18.9 Å². The molecule has 10 heteroatoms. The number of imidazole rings is 2. The molecule has 2 N–H and O–H groups in total. The quantitative estimate of drug-likeness (QED) is 0.587. The average molecular weight is 415 g/mol. The Morgan fingerprint density at radius 2 is 1.77 bits per heavy atom. The van der Waals surface area contributed by atoms with E-state index >= 15 is 0 Å². The van der Waals surface area contributed by atoms with Crippen molar-refractivity contribution in [2.45, 2.75) is 26.1 Å². The molecule has 2 aromatic heterocycles. The third-order valence-corrected chi connectivity index (χ3v) is 4.08. The largest absolute Gasteiger partial charge is 0.483 e. The van der Waals surface area contributed by atoms with Gasteiger partial charge in [0.25, 0.3) is 12.9 Å². The molecular weight excluding hydrogens is 390 g/mol. The Labute approximate surface area is 174 Å². The second kappa shape index (κ2) is 13.3. The van der Waals surface area contributed by atoms with E-state index in [1.165, 1.54) is 5.56 Å². The van der Waals surface area contributed by atoms with Crippen molar-refractivity contribution in [3.05, 3.63) is 72.8 Å². The van der Waals surface area contributed by atoms with Gasteiger partial charge in [-0.1, -0.05) is 30.3 Å². The molecule has 10 nitrogen and oxygen atoms in total. The van der Waals surface area contributed by atoms with E-state index in [1.54, 1.807) is 41.4 Å². The lowest BCUT2D eigenvalue weighted by molar-refractivity contribution is -0.133. The molecule has 30 heavy (non-hydrogen) atoms. The standard InChI is InChI=1S/C18H21N5O.2CH2O2/c1-15(23-10-8-19-14-23)18(24)21(2)13-17-20-9-11-22(17)12-16-6-4-3-5-7-16;2*2-1-3/h3-11,14-15H,12-13H2,1-2H3;2*1H,(H,2,3). The van der Waals surface area contributed by atoms with E-state index < -0.39 is 0 Å². The summed E-state index contributed by atoms with van der Waals surface area (Å²) in [5.74, 6) is 0.898. The molecule has 2 heterocycles. The van der Waals surface area contributed by atoms with Crippen molar-refractivity contribution < 1.29 is 24.6 Å². The second-order valence-corrected chi connectivity index (χ2v) is 6.05. The van der Waals surface area contributed by atoms with Crippen molar-refractivity contribution in [3.63, 3.8) is 0 Å². The smallest absolute Gasteiger partial charge is 0.290 e. The Bertz CT molecular complexity index is 874. The highest BCUT2D eigenvalue weighted by Gasteiger charge is 2.20. The van der Waals surface area contributed by atoms with Gasteiger partial charge in [0.15, 0.2) is 0 Å². The van der Waals surface area contributed by atoms with E-state index in [9.17, 15) is 4.79 Å². The summed E-state index contributed by atoms with van der Waals surface area (Å²) >= 11 is 0. The molecule has 0 spiro atoms. The first-order chi connectivity index (χ1) is 14.5. The Hall–Kier alpha value is -3.95. The highest BCUT2D eigenvalue weighted by atomic mass is 16.3. The Kier molecular flexibility index (Phi) is 10.7. The van der Waals surface area contributed by atoms with Gasteiger partial charge in [-0.05, 0) is 12.5 Å². The predicted octanol–water partition coefficient (Wildman–Crippen LogP) is 1.75. The molecule has 3 rings (SSSR count). The summed E-state index contributed by atoms with van der Waals surface area (Å²) in [6.07, 6.45) is 8.85. The van der Waals surface area contributed by atoms with Crippen LogP contribution in [0.25, 0.3) is 0 Å². The normalized spacial score (nSPS) is 10.5. The molecule has 3 aromatic rings. The fourth-order valence-corrected chi connectivity index (χ4v) is 2.65. The molecule has 160 valence electrons. The van der Waals surface area contributed by atoms with Crippen molar-refractivity contribution in [3.8, 4) is 0 Å². The van der Waals surface area contributed by atoms with Gasteiger partial charge in [-0.3, -0.25) is 14.4 Å². The third kappa shape index (κ3) is 7.58. The number of amides is 1.